The Bertz CT molecular complexity index is 142. The van der Waals surface area contributed by atoms with Crippen LogP contribution < -0.4 is 29.6 Å². The minimum absolute atomic E-state index is 0. The summed E-state index contributed by atoms with van der Waals surface area (Å²) in [5, 5.41) is 7.67. The third-order valence-corrected chi connectivity index (χ3v) is 1.84. The summed E-state index contributed by atoms with van der Waals surface area (Å²) < 4.78 is 25.3. The molecular formula is C6H11NaO4S. The summed E-state index contributed by atoms with van der Waals surface area (Å²) in [5.41, 5.74) is 0. The zero-order valence-electron chi connectivity index (χ0n) is 7.06. The largest absolute Gasteiger partial charge is 1.00 e. The number of rotatable bonds is 6. The van der Waals surface area contributed by atoms with Gasteiger partial charge in [-0.3, -0.25) is 4.21 Å². The summed E-state index contributed by atoms with van der Waals surface area (Å²) >= 11 is -2.27. The zero-order chi connectivity index (χ0) is 8.69. The van der Waals surface area contributed by atoms with E-state index in [-0.39, 0.29) is 36.2 Å². The second kappa shape index (κ2) is 9.85. The summed E-state index contributed by atoms with van der Waals surface area (Å²) in [4.78, 5) is 0. The van der Waals surface area contributed by atoms with Gasteiger partial charge in [0.25, 0.3) is 0 Å². The molecule has 0 spiro atoms. The molecule has 0 aromatic heterocycles. The molecule has 0 saturated carbocycles. The Hall–Kier alpha value is 0.770. The van der Waals surface area contributed by atoms with Gasteiger partial charge >= 0.3 is 29.6 Å². The van der Waals surface area contributed by atoms with E-state index in [0.717, 1.165) is 0 Å². The van der Waals surface area contributed by atoms with Crippen LogP contribution in [0.2, 0.25) is 0 Å². The van der Waals surface area contributed by atoms with E-state index in [4.69, 9.17) is 9.84 Å². The summed E-state index contributed by atoms with van der Waals surface area (Å²) in [6, 6.07) is 0. The fourth-order valence-electron chi connectivity index (χ4n) is 0.452. The Kier molecular flexibility index (Phi) is 12.5. The molecule has 4 nitrogen and oxygen atoms in total. The molecule has 0 bridgehead atoms. The van der Waals surface area contributed by atoms with Crippen molar-refractivity contribution in [2.24, 2.45) is 0 Å². The molecule has 1 N–H and O–H groups in total. The predicted molar refractivity (Wildman–Crippen MR) is 40.8 cm³/mol. The van der Waals surface area contributed by atoms with Crippen molar-refractivity contribution in [2.75, 3.05) is 19.8 Å². The molecule has 0 saturated heterocycles. The van der Waals surface area contributed by atoms with Crippen molar-refractivity contribution >= 4 is 11.1 Å². The molecule has 0 fully saturated rings. The average Bonchev–Trinajstić information content (AvgIpc) is 1.97. The summed E-state index contributed by atoms with van der Waals surface area (Å²) in [6.45, 7) is 3.29. The van der Waals surface area contributed by atoms with Crippen LogP contribution in [0.25, 0.3) is 0 Å². The maximum absolute atomic E-state index is 10.3. The SMILES string of the molecule is C=CCOCC(CO)S(=O)[O-].[Na+]. The van der Waals surface area contributed by atoms with E-state index in [1.807, 2.05) is 0 Å². The first-order valence-electron chi connectivity index (χ1n) is 3.10. The van der Waals surface area contributed by atoms with E-state index in [2.05, 4.69) is 6.58 Å². The van der Waals surface area contributed by atoms with Gasteiger partial charge in [0.1, 0.15) is 0 Å². The minimum Gasteiger partial charge on any atom is -0.772 e. The fraction of sp³-hybridized carbons (Fsp3) is 0.667. The molecule has 2 unspecified atom stereocenters. The molecular weight excluding hydrogens is 191 g/mol. The summed E-state index contributed by atoms with van der Waals surface area (Å²) in [7, 11) is 0. The van der Waals surface area contributed by atoms with Crippen LogP contribution >= 0.6 is 0 Å². The van der Waals surface area contributed by atoms with Gasteiger partial charge in [-0.05, 0) is 11.1 Å². The van der Waals surface area contributed by atoms with Crippen molar-refractivity contribution < 1.29 is 48.2 Å². The second-order valence-corrected chi connectivity index (χ2v) is 3.08. The first-order chi connectivity index (χ1) is 5.22. The van der Waals surface area contributed by atoms with Crippen molar-refractivity contribution in [3.05, 3.63) is 12.7 Å². The Morgan fingerprint density at radius 3 is 2.67 bits per heavy atom. The number of hydrogen-bond acceptors (Lipinski definition) is 4. The molecule has 66 valence electrons. The van der Waals surface area contributed by atoms with Crippen molar-refractivity contribution in [2.45, 2.75) is 5.25 Å². The van der Waals surface area contributed by atoms with Crippen molar-refractivity contribution in [1.29, 1.82) is 0 Å². The van der Waals surface area contributed by atoms with Crippen LogP contribution in [0.15, 0.2) is 12.7 Å². The van der Waals surface area contributed by atoms with Gasteiger partial charge in [-0.2, -0.15) is 0 Å². The van der Waals surface area contributed by atoms with Crippen LogP contribution in [0, 0.1) is 0 Å². The molecule has 0 rings (SSSR count). The van der Waals surface area contributed by atoms with E-state index in [0.29, 0.717) is 6.61 Å². The van der Waals surface area contributed by atoms with Crippen LogP contribution in [-0.4, -0.2) is 38.9 Å². The maximum atomic E-state index is 10.3. The minimum atomic E-state index is -2.27. The molecule has 0 radical (unpaired) electrons. The van der Waals surface area contributed by atoms with Crippen LogP contribution in [0.1, 0.15) is 0 Å². The van der Waals surface area contributed by atoms with Crippen LogP contribution in [0.3, 0.4) is 0 Å². The van der Waals surface area contributed by atoms with Gasteiger partial charge in [-0.25, -0.2) is 0 Å². The molecule has 0 aliphatic rings. The molecule has 0 aromatic carbocycles. The molecule has 2 atom stereocenters. The smallest absolute Gasteiger partial charge is 0.772 e. The molecule has 0 aliphatic carbocycles. The van der Waals surface area contributed by atoms with Crippen molar-refractivity contribution in [3.63, 3.8) is 0 Å². The third-order valence-electron chi connectivity index (χ3n) is 1.02. The first-order valence-corrected chi connectivity index (χ1v) is 4.23. The Morgan fingerprint density at radius 2 is 2.33 bits per heavy atom. The average molecular weight is 202 g/mol. The Morgan fingerprint density at radius 1 is 1.75 bits per heavy atom. The standard InChI is InChI=1S/C6H12O4S.Na/c1-2-3-10-5-6(4-7)11(8)9;/h2,6-7H,1,3-5H2,(H,8,9);/q;+1/p-1. The van der Waals surface area contributed by atoms with Gasteiger partial charge in [-0.15, -0.1) is 6.58 Å². The zero-order valence-corrected chi connectivity index (χ0v) is 9.88. The van der Waals surface area contributed by atoms with E-state index >= 15 is 0 Å². The van der Waals surface area contributed by atoms with Gasteiger partial charge in [0.15, 0.2) is 0 Å². The Balaban J connectivity index is 0. The van der Waals surface area contributed by atoms with E-state index in [9.17, 15) is 8.76 Å². The number of ether oxygens (including phenoxy) is 1. The summed E-state index contributed by atoms with van der Waals surface area (Å²) in [6.07, 6.45) is 1.52. The second-order valence-electron chi connectivity index (χ2n) is 1.89. The number of aliphatic hydroxyl groups excluding tert-OH is 1. The maximum Gasteiger partial charge on any atom is 1.00 e. The van der Waals surface area contributed by atoms with Crippen molar-refractivity contribution in [1.82, 2.24) is 0 Å². The van der Waals surface area contributed by atoms with Gasteiger partial charge in [0.2, 0.25) is 0 Å². The normalized spacial score (nSPS) is 14.5. The van der Waals surface area contributed by atoms with Gasteiger partial charge in [-0.1, -0.05) is 6.08 Å². The number of hydrogen-bond donors (Lipinski definition) is 1. The fourth-order valence-corrected chi connectivity index (χ4v) is 0.781. The molecule has 0 aliphatic heterocycles. The molecule has 12 heavy (non-hydrogen) atoms. The van der Waals surface area contributed by atoms with Crippen LogP contribution in [0.5, 0.6) is 0 Å². The number of aliphatic hydroxyl groups is 1. The molecule has 0 aromatic rings. The predicted octanol–water partition coefficient (Wildman–Crippen LogP) is -3.57. The van der Waals surface area contributed by atoms with Crippen LogP contribution in [0.4, 0.5) is 0 Å². The summed E-state index contributed by atoms with van der Waals surface area (Å²) in [5.74, 6) is 0. The third kappa shape index (κ3) is 7.42. The van der Waals surface area contributed by atoms with Crippen LogP contribution in [-0.2, 0) is 15.8 Å². The molecule has 0 amide bonds. The Labute approximate surface area is 96.6 Å². The van der Waals surface area contributed by atoms with Crippen molar-refractivity contribution in [3.8, 4) is 0 Å². The monoisotopic (exact) mass is 202 g/mol. The van der Waals surface area contributed by atoms with E-state index < -0.39 is 22.9 Å². The van der Waals surface area contributed by atoms with E-state index in [1.54, 1.807) is 0 Å². The quantitative estimate of drug-likeness (QED) is 0.209. The molecule has 0 heterocycles. The van der Waals surface area contributed by atoms with Gasteiger partial charge in [0, 0.05) is 0 Å². The molecule has 6 heteroatoms. The van der Waals surface area contributed by atoms with Gasteiger partial charge in [0.05, 0.1) is 25.1 Å². The topological polar surface area (TPSA) is 69.6 Å². The van der Waals surface area contributed by atoms with Gasteiger partial charge < -0.3 is 14.4 Å². The first kappa shape index (κ1) is 15.3. The van der Waals surface area contributed by atoms with E-state index in [1.165, 1.54) is 6.08 Å².